The fourth-order valence-corrected chi connectivity index (χ4v) is 3.54. The first-order valence-corrected chi connectivity index (χ1v) is 10.5. The summed E-state index contributed by atoms with van der Waals surface area (Å²) in [5.41, 5.74) is 2.38. The van der Waals surface area contributed by atoms with Crippen LogP contribution in [0.5, 0.6) is 17.2 Å². The molecule has 0 unspecified atom stereocenters. The largest absolute Gasteiger partial charge is 0.494 e. The van der Waals surface area contributed by atoms with E-state index >= 15 is 0 Å². The van der Waals surface area contributed by atoms with E-state index < -0.39 is 0 Å². The van der Waals surface area contributed by atoms with Crippen LogP contribution in [0.4, 0.5) is 11.4 Å². The van der Waals surface area contributed by atoms with Crippen molar-refractivity contribution in [3.8, 4) is 17.2 Å². The molecule has 0 aliphatic carbocycles. The van der Waals surface area contributed by atoms with Crippen LogP contribution >= 0.6 is 15.9 Å². The molecule has 0 saturated heterocycles. The number of methoxy groups -OCH3 is 2. The van der Waals surface area contributed by atoms with Gasteiger partial charge < -0.3 is 24.8 Å². The lowest BCUT2D eigenvalue weighted by molar-refractivity contribution is -0.118. The van der Waals surface area contributed by atoms with Gasteiger partial charge in [0.05, 0.1) is 30.1 Å². The number of ether oxygens (including phenoxy) is 3. The Morgan fingerprint density at radius 2 is 1.47 bits per heavy atom. The third-order valence-electron chi connectivity index (χ3n) is 4.53. The molecule has 0 bridgehead atoms. The number of carbonyl (C=O) groups excluding carboxylic acids is 2. The van der Waals surface area contributed by atoms with Gasteiger partial charge in [0, 0.05) is 17.7 Å². The van der Waals surface area contributed by atoms with Crippen LogP contribution in [0.25, 0.3) is 0 Å². The van der Waals surface area contributed by atoms with Crippen LogP contribution in [0.15, 0.2) is 65.1 Å². The van der Waals surface area contributed by atoms with E-state index in [2.05, 4.69) is 26.6 Å². The molecule has 8 heteroatoms. The molecule has 3 rings (SSSR count). The predicted molar refractivity (Wildman–Crippen MR) is 127 cm³/mol. The highest BCUT2D eigenvalue weighted by atomic mass is 79.9. The van der Waals surface area contributed by atoms with Crippen molar-refractivity contribution in [1.82, 2.24) is 0 Å². The molecule has 0 aliphatic heterocycles. The molecule has 2 amide bonds. The second-order valence-electron chi connectivity index (χ2n) is 6.84. The third-order valence-corrected chi connectivity index (χ3v) is 5.15. The van der Waals surface area contributed by atoms with E-state index in [1.54, 1.807) is 42.5 Å². The van der Waals surface area contributed by atoms with Gasteiger partial charge >= 0.3 is 0 Å². The minimum atomic E-state index is -0.376. The fourth-order valence-electron chi connectivity index (χ4n) is 2.93. The zero-order valence-electron chi connectivity index (χ0n) is 17.9. The Labute approximate surface area is 194 Å². The molecule has 0 fully saturated rings. The molecule has 2 N–H and O–H groups in total. The van der Waals surface area contributed by atoms with Crippen molar-refractivity contribution in [1.29, 1.82) is 0 Å². The van der Waals surface area contributed by atoms with Gasteiger partial charge in [-0.2, -0.15) is 0 Å². The predicted octanol–water partition coefficient (Wildman–Crippen LogP) is 5.04. The van der Waals surface area contributed by atoms with Crippen molar-refractivity contribution in [2.45, 2.75) is 6.92 Å². The zero-order chi connectivity index (χ0) is 23.1. The number of hydrogen-bond acceptors (Lipinski definition) is 5. The summed E-state index contributed by atoms with van der Waals surface area (Å²) in [7, 11) is 2.95. The number of benzene rings is 3. The van der Waals surface area contributed by atoms with E-state index in [1.807, 2.05) is 25.1 Å². The smallest absolute Gasteiger partial charge is 0.262 e. The van der Waals surface area contributed by atoms with Crippen LogP contribution in [-0.4, -0.2) is 32.6 Å². The van der Waals surface area contributed by atoms with Crippen LogP contribution in [0, 0.1) is 6.92 Å². The van der Waals surface area contributed by atoms with E-state index in [4.69, 9.17) is 14.2 Å². The second-order valence-corrected chi connectivity index (χ2v) is 7.70. The molecular weight excluding hydrogens is 476 g/mol. The van der Waals surface area contributed by atoms with Gasteiger partial charge in [-0.25, -0.2) is 0 Å². The lowest BCUT2D eigenvalue weighted by Crippen LogP contribution is -2.21. The van der Waals surface area contributed by atoms with E-state index in [0.29, 0.717) is 34.2 Å². The van der Waals surface area contributed by atoms with Gasteiger partial charge in [-0.05, 0) is 52.7 Å². The molecule has 32 heavy (non-hydrogen) atoms. The van der Waals surface area contributed by atoms with Gasteiger partial charge in [0.2, 0.25) is 0 Å². The van der Waals surface area contributed by atoms with Crippen molar-refractivity contribution in [3.63, 3.8) is 0 Å². The van der Waals surface area contributed by atoms with Crippen LogP contribution in [0.2, 0.25) is 0 Å². The summed E-state index contributed by atoms with van der Waals surface area (Å²) in [6.07, 6.45) is 0. The number of rotatable bonds is 8. The first kappa shape index (κ1) is 23.1. The summed E-state index contributed by atoms with van der Waals surface area (Å²) in [4.78, 5) is 25.0. The highest BCUT2D eigenvalue weighted by molar-refractivity contribution is 9.10. The number of hydrogen-bond donors (Lipinski definition) is 2. The minimum absolute atomic E-state index is 0.195. The highest BCUT2D eigenvalue weighted by Gasteiger charge is 2.16. The summed E-state index contributed by atoms with van der Waals surface area (Å²) >= 11 is 3.42. The molecule has 0 radical (unpaired) electrons. The van der Waals surface area contributed by atoms with Crippen molar-refractivity contribution in [2.75, 3.05) is 31.5 Å². The normalized spacial score (nSPS) is 10.2. The molecule has 0 atom stereocenters. The van der Waals surface area contributed by atoms with Gasteiger partial charge in [0.15, 0.2) is 6.61 Å². The van der Waals surface area contributed by atoms with E-state index in [0.717, 1.165) is 10.0 Å². The topological polar surface area (TPSA) is 85.9 Å². The van der Waals surface area contributed by atoms with Gasteiger partial charge in [-0.1, -0.05) is 24.3 Å². The lowest BCUT2D eigenvalue weighted by Gasteiger charge is -2.16. The fraction of sp³-hybridized carbons (Fsp3) is 0.167. The molecular formula is C24H23BrN2O5. The Hall–Kier alpha value is -3.52. The number of halogens is 1. The molecule has 7 nitrogen and oxygen atoms in total. The van der Waals surface area contributed by atoms with Gasteiger partial charge in [0.25, 0.3) is 11.8 Å². The SMILES string of the molecule is COc1cc(NC(=O)c2ccccc2)c(OC)cc1NC(=O)COc1ccc(C)cc1Br. The first-order chi connectivity index (χ1) is 15.4. The first-order valence-electron chi connectivity index (χ1n) is 9.72. The van der Waals surface area contributed by atoms with Crippen LogP contribution in [0.1, 0.15) is 15.9 Å². The second kappa shape index (κ2) is 10.7. The summed E-state index contributed by atoms with van der Waals surface area (Å²) in [6.45, 7) is 1.77. The maximum atomic E-state index is 12.5. The van der Waals surface area contributed by atoms with Crippen LogP contribution < -0.4 is 24.8 Å². The van der Waals surface area contributed by atoms with E-state index in [1.165, 1.54) is 14.2 Å². The molecule has 0 aromatic heterocycles. The Morgan fingerprint density at radius 3 is 2.06 bits per heavy atom. The molecule has 3 aromatic rings. The number of aryl methyl sites for hydroxylation is 1. The summed E-state index contributed by atoms with van der Waals surface area (Å²) in [5.74, 6) is 0.625. The standard InChI is InChI=1S/C24H23BrN2O5/c1-15-9-10-20(17(25)11-15)32-14-23(28)26-18-12-22(31-3)19(13-21(18)30-2)27-24(29)16-7-5-4-6-8-16/h4-13H,14H2,1-3H3,(H,26,28)(H,27,29). The number of anilines is 2. The molecule has 0 saturated carbocycles. The van der Waals surface area contributed by atoms with Gasteiger partial charge in [-0.3, -0.25) is 9.59 Å². The van der Waals surface area contributed by atoms with Crippen LogP contribution in [0.3, 0.4) is 0 Å². The van der Waals surface area contributed by atoms with Gasteiger partial charge in [-0.15, -0.1) is 0 Å². The Balaban J connectivity index is 1.73. The molecule has 0 heterocycles. The van der Waals surface area contributed by atoms with Gasteiger partial charge in [0.1, 0.15) is 17.2 Å². The maximum Gasteiger partial charge on any atom is 0.262 e. The highest BCUT2D eigenvalue weighted by Crippen LogP contribution is 2.36. The van der Waals surface area contributed by atoms with Crippen molar-refractivity contribution < 1.29 is 23.8 Å². The molecule has 0 aliphatic rings. The third kappa shape index (κ3) is 5.79. The monoisotopic (exact) mass is 498 g/mol. The number of amides is 2. The maximum absolute atomic E-state index is 12.5. The quantitative estimate of drug-likeness (QED) is 0.454. The average molecular weight is 499 g/mol. The van der Waals surface area contributed by atoms with Crippen molar-refractivity contribution in [3.05, 3.63) is 76.3 Å². The summed E-state index contributed by atoms with van der Waals surface area (Å²) in [6, 6.07) is 17.6. The Morgan fingerprint density at radius 1 is 0.844 bits per heavy atom. The van der Waals surface area contributed by atoms with Crippen molar-refractivity contribution >= 4 is 39.1 Å². The minimum Gasteiger partial charge on any atom is -0.494 e. The average Bonchev–Trinajstić information content (AvgIpc) is 2.79. The van der Waals surface area contributed by atoms with Crippen LogP contribution in [-0.2, 0) is 4.79 Å². The van der Waals surface area contributed by atoms with E-state index in [-0.39, 0.29) is 18.4 Å². The van der Waals surface area contributed by atoms with Crippen molar-refractivity contribution in [2.24, 2.45) is 0 Å². The zero-order valence-corrected chi connectivity index (χ0v) is 19.5. The molecule has 3 aromatic carbocycles. The lowest BCUT2D eigenvalue weighted by atomic mass is 10.2. The number of carbonyl (C=O) groups is 2. The van der Waals surface area contributed by atoms with E-state index in [9.17, 15) is 9.59 Å². The Kier molecular flexibility index (Phi) is 7.72. The Bertz CT molecular complexity index is 1120. The number of nitrogens with one attached hydrogen (secondary N) is 2. The summed E-state index contributed by atoms with van der Waals surface area (Å²) < 4.78 is 17.2. The molecule has 0 spiro atoms. The molecule has 166 valence electrons. The summed E-state index contributed by atoms with van der Waals surface area (Å²) in [5, 5.41) is 5.56.